The minimum atomic E-state index is 0.00375. The lowest BCUT2D eigenvalue weighted by molar-refractivity contribution is -0.121. The number of guanidine groups is 1. The number of nitrogens with one attached hydrogen (secondary N) is 3. The van der Waals surface area contributed by atoms with Gasteiger partial charge in [-0.15, -0.1) is 0 Å². The molecule has 1 aromatic heterocycles. The average Bonchev–Trinajstić information content (AvgIpc) is 2.67. The molecule has 0 fully saturated rings. The van der Waals surface area contributed by atoms with E-state index in [4.69, 9.17) is 11.6 Å². The molecule has 0 spiro atoms. The molecule has 7 heteroatoms. The second-order valence-electron chi connectivity index (χ2n) is 5.68. The highest BCUT2D eigenvalue weighted by molar-refractivity contribution is 6.29. The first kappa shape index (κ1) is 19.7. The van der Waals surface area contributed by atoms with Crippen LogP contribution in [0.25, 0.3) is 0 Å². The van der Waals surface area contributed by atoms with Gasteiger partial charge in [-0.05, 0) is 23.6 Å². The SMILES string of the molecule is CN=C(NCCC(=O)NCc1ccccc1)NCCc1ccc(Cl)nc1. The van der Waals surface area contributed by atoms with Crippen LogP contribution in [0.4, 0.5) is 0 Å². The van der Waals surface area contributed by atoms with Gasteiger partial charge in [0, 0.05) is 39.3 Å². The highest BCUT2D eigenvalue weighted by Gasteiger charge is 2.03. The molecule has 138 valence electrons. The molecule has 3 N–H and O–H groups in total. The second kappa shape index (κ2) is 11.1. The first-order valence-corrected chi connectivity index (χ1v) is 8.91. The van der Waals surface area contributed by atoms with Gasteiger partial charge in [-0.3, -0.25) is 9.79 Å². The Bertz CT molecular complexity index is 704. The quantitative estimate of drug-likeness (QED) is 0.376. The van der Waals surface area contributed by atoms with Crippen molar-refractivity contribution in [1.82, 2.24) is 20.9 Å². The molecule has 2 aromatic rings. The highest BCUT2D eigenvalue weighted by Crippen LogP contribution is 2.05. The van der Waals surface area contributed by atoms with Gasteiger partial charge in [-0.2, -0.15) is 0 Å². The Labute approximate surface area is 159 Å². The van der Waals surface area contributed by atoms with E-state index < -0.39 is 0 Å². The van der Waals surface area contributed by atoms with Crippen LogP contribution in [0.5, 0.6) is 0 Å². The van der Waals surface area contributed by atoms with E-state index >= 15 is 0 Å². The summed E-state index contributed by atoms with van der Waals surface area (Å²) >= 11 is 5.77. The zero-order valence-corrected chi connectivity index (χ0v) is 15.6. The van der Waals surface area contributed by atoms with Crippen LogP contribution in [-0.2, 0) is 17.8 Å². The Morgan fingerprint density at radius 3 is 2.50 bits per heavy atom. The molecule has 0 saturated carbocycles. The number of pyridine rings is 1. The molecule has 1 heterocycles. The van der Waals surface area contributed by atoms with Crippen molar-refractivity contribution in [1.29, 1.82) is 0 Å². The fourth-order valence-electron chi connectivity index (χ4n) is 2.28. The molecule has 26 heavy (non-hydrogen) atoms. The number of benzene rings is 1. The van der Waals surface area contributed by atoms with Crippen LogP contribution < -0.4 is 16.0 Å². The third-order valence-electron chi connectivity index (χ3n) is 3.70. The van der Waals surface area contributed by atoms with Crippen LogP contribution in [0.2, 0.25) is 5.15 Å². The topological polar surface area (TPSA) is 78.4 Å². The Balaban J connectivity index is 1.60. The van der Waals surface area contributed by atoms with Crippen LogP contribution in [0, 0.1) is 0 Å². The van der Waals surface area contributed by atoms with E-state index in [9.17, 15) is 4.79 Å². The molecule has 0 radical (unpaired) electrons. The third kappa shape index (κ3) is 7.53. The van der Waals surface area contributed by atoms with Crippen molar-refractivity contribution < 1.29 is 4.79 Å². The summed E-state index contributed by atoms with van der Waals surface area (Å²) in [5, 5.41) is 9.74. The number of halogens is 1. The molecule has 2 rings (SSSR count). The van der Waals surface area contributed by atoms with Crippen molar-refractivity contribution in [2.24, 2.45) is 4.99 Å². The van der Waals surface area contributed by atoms with E-state index in [-0.39, 0.29) is 5.91 Å². The number of aliphatic imine (C=N–C) groups is 1. The van der Waals surface area contributed by atoms with Crippen LogP contribution in [0.1, 0.15) is 17.5 Å². The van der Waals surface area contributed by atoms with Crippen LogP contribution >= 0.6 is 11.6 Å². The molecule has 0 aliphatic carbocycles. The number of rotatable bonds is 8. The van der Waals surface area contributed by atoms with Gasteiger partial charge in [-0.1, -0.05) is 48.0 Å². The molecule has 0 saturated heterocycles. The molecule has 0 aliphatic heterocycles. The molecule has 0 aliphatic rings. The predicted octanol–water partition coefficient (Wildman–Crippen LogP) is 2.15. The molecular formula is C19H24ClN5O. The van der Waals surface area contributed by atoms with Gasteiger partial charge in [0.2, 0.25) is 5.91 Å². The van der Waals surface area contributed by atoms with Gasteiger partial charge >= 0.3 is 0 Å². The van der Waals surface area contributed by atoms with E-state index in [1.165, 1.54) is 0 Å². The van der Waals surface area contributed by atoms with Crippen molar-refractivity contribution in [3.05, 3.63) is 64.9 Å². The highest BCUT2D eigenvalue weighted by atomic mass is 35.5. The number of hydrogen-bond acceptors (Lipinski definition) is 3. The summed E-state index contributed by atoms with van der Waals surface area (Å²) in [5.41, 5.74) is 2.18. The van der Waals surface area contributed by atoms with Crippen molar-refractivity contribution in [2.75, 3.05) is 20.1 Å². The Morgan fingerprint density at radius 1 is 1.04 bits per heavy atom. The molecule has 1 aromatic carbocycles. The summed E-state index contributed by atoms with van der Waals surface area (Å²) in [7, 11) is 1.70. The number of amides is 1. The third-order valence-corrected chi connectivity index (χ3v) is 3.92. The molecular weight excluding hydrogens is 350 g/mol. The van der Waals surface area contributed by atoms with Crippen molar-refractivity contribution in [3.8, 4) is 0 Å². The van der Waals surface area contributed by atoms with E-state index in [1.54, 1.807) is 19.3 Å². The summed E-state index contributed by atoms with van der Waals surface area (Å²) in [6, 6.07) is 13.6. The summed E-state index contributed by atoms with van der Waals surface area (Å²) in [5.74, 6) is 0.673. The fourth-order valence-corrected chi connectivity index (χ4v) is 2.39. The summed E-state index contributed by atoms with van der Waals surface area (Å²) < 4.78 is 0. The first-order valence-electron chi connectivity index (χ1n) is 8.53. The second-order valence-corrected chi connectivity index (χ2v) is 6.06. The Hall–Kier alpha value is -2.60. The lowest BCUT2D eigenvalue weighted by Crippen LogP contribution is -2.40. The van der Waals surface area contributed by atoms with E-state index in [2.05, 4.69) is 25.9 Å². The number of carbonyl (C=O) groups excluding carboxylic acids is 1. The predicted molar refractivity (Wildman–Crippen MR) is 105 cm³/mol. The average molecular weight is 374 g/mol. The van der Waals surface area contributed by atoms with E-state index in [1.807, 2.05) is 36.4 Å². The minimum Gasteiger partial charge on any atom is -0.356 e. The monoisotopic (exact) mass is 373 g/mol. The Kier molecular flexibility index (Phi) is 8.42. The fraction of sp³-hybridized carbons (Fsp3) is 0.316. The van der Waals surface area contributed by atoms with Crippen molar-refractivity contribution in [3.63, 3.8) is 0 Å². The van der Waals surface area contributed by atoms with Crippen LogP contribution in [-0.4, -0.2) is 37.0 Å². The molecule has 0 unspecified atom stereocenters. The van der Waals surface area contributed by atoms with E-state index in [0.717, 1.165) is 17.5 Å². The maximum atomic E-state index is 11.9. The molecule has 0 bridgehead atoms. The largest absolute Gasteiger partial charge is 0.356 e. The summed E-state index contributed by atoms with van der Waals surface area (Å²) in [6.45, 7) is 1.77. The normalized spacial score (nSPS) is 11.1. The number of nitrogens with zero attached hydrogens (tertiary/aromatic N) is 2. The van der Waals surface area contributed by atoms with Gasteiger partial charge in [0.15, 0.2) is 5.96 Å². The lowest BCUT2D eigenvalue weighted by atomic mass is 10.2. The zero-order chi connectivity index (χ0) is 18.6. The molecule has 0 atom stereocenters. The number of carbonyl (C=O) groups is 1. The lowest BCUT2D eigenvalue weighted by Gasteiger charge is -2.12. The first-order chi connectivity index (χ1) is 12.7. The van der Waals surface area contributed by atoms with E-state index in [0.29, 0.717) is 37.2 Å². The maximum absolute atomic E-state index is 11.9. The summed E-state index contributed by atoms with van der Waals surface area (Å²) in [4.78, 5) is 20.1. The van der Waals surface area contributed by atoms with Crippen molar-refractivity contribution in [2.45, 2.75) is 19.4 Å². The van der Waals surface area contributed by atoms with Crippen LogP contribution in [0.3, 0.4) is 0 Å². The maximum Gasteiger partial charge on any atom is 0.222 e. The van der Waals surface area contributed by atoms with Gasteiger partial charge < -0.3 is 16.0 Å². The van der Waals surface area contributed by atoms with Gasteiger partial charge in [0.05, 0.1) is 0 Å². The van der Waals surface area contributed by atoms with Gasteiger partial charge in [0.1, 0.15) is 5.15 Å². The molecule has 1 amide bonds. The van der Waals surface area contributed by atoms with Gasteiger partial charge in [-0.25, -0.2) is 4.98 Å². The zero-order valence-electron chi connectivity index (χ0n) is 14.8. The summed E-state index contributed by atoms with van der Waals surface area (Å²) in [6.07, 6.45) is 2.95. The molecule has 6 nitrogen and oxygen atoms in total. The smallest absolute Gasteiger partial charge is 0.222 e. The van der Waals surface area contributed by atoms with Gasteiger partial charge in [0.25, 0.3) is 0 Å². The number of hydrogen-bond donors (Lipinski definition) is 3. The minimum absolute atomic E-state index is 0.00375. The van der Waals surface area contributed by atoms with Crippen molar-refractivity contribution >= 4 is 23.5 Å². The number of aromatic nitrogens is 1. The Morgan fingerprint density at radius 2 is 1.81 bits per heavy atom. The van der Waals surface area contributed by atoms with Crippen LogP contribution in [0.15, 0.2) is 53.7 Å². The standard InChI is InChI=1S/C19H24ClN5O/c1-21-19(22-11-9-16-7-8-17(20)24-13-16)23-12-10-18(26)25-14-15-5-3-2-4-6-15/h2-8,13H,9-12,14H2,1H3,(H,25,26)(H2,21,22,23).